The van der Waals surface area contributed by atoms with Gasteiger partial charge in [0, 0.05) is 42.6 Å². The van der Waals surface area contributed by atoms with E-state index in [9.17, 15) is 0 Å². The summed E-state index contributed by atoms with van der Waals surface area (Å²) < 4.78 is 0. The van der Waals surface area contributed by atoms with E-state index in [1.165, 1.54) is 0 Å². The molecule has 0 aromatic carbocycles. The first-order valence-corrected chi connectivity index (χ1v) is 8.47. The molecule has 48 valence electrons. The molecule has 0 atom stereocenters. The Kier molecular flexibility index (Phi) is 9.04. The lowest BCUT2D eigenvalue weighted by Gasteiger charge is -2.04. The van der Waals surface area contributed by atoms with Gasteiger partial charge in [-0.1, -0.05) is 0 Å². The van der Waals surface area contributed by atoms with Gasteiger partial charge in [-0.25, -0.2) is 0 Å². The number of hydrogen-bond acceptors (Lipinski definition) is 0. The van der Waals surface area contributed by atoms with Crippen LogP contribution in [0.15, 0.2) is 0 Å². The van der Waals surface area contributed by atoms with E-state index in [0.717, 1.165) is 0 Å². The van der Waals surface area contributed by atoms with Crippen LogP contribution in [0.1, 0.15) is 20.8 Å². The molecule has 0 nitrogen and oxygen atoms in total. The largest absolute Gasteiger partial charge is 0.120 e. The highest BCUT2D eigenvalue weighted by atomic mass is 128. The molecule has 2 heteroatoms. The average molecular weight is 336 g/mol. The van der Waals surface area contributed by atoms with Gasteiger partial charge in [0.25, 0.3) is 0 Å². The third-order valence-electron chi connectivity index (χ3n) is 0.433. The zero-order valence-electron chi connectivity index (χ0n) is 5.33. The third-order valence-corrected chi connectivity index (χ3v) is 0.433. The molecule has 0 aliphatic carbocycles. The fourth-order valence-electron chi connectivity index (χ4n) is 0. The third kappa shape index (κ3) is 15.7. The SMILES string of the molecule is C#CC(C)(C)C.II. The normalized spacial score (nSPS) is 8.50. The molecule has 0 saturated carbocycles. The first-order chi connectivity index (χ1) is 3.56. The highest BCUT2D eigenvalue weighted by Gasteiger charge is 2.00. The van der Waals surface area contributed by atoms with Gasteiger partial charge in [0.2, 0.25) is 0 Å². The Balaban J connectivity index is 0. The molecule has 0 radical (unpaired) electrons. The van der Waals surface area contributed by atoms with Crippen molar-refractivity contribution in [3.05, 3.63) is 0 Å². The van der Waals surface area contributed by atoms with Gasteiger partial charge >= 0.3 is 0 Å². The monoisotopic (exact) mass is 336 g/mol. The molecule has 0 aromatic heterocycles. The molecule has 0 rings (SSSR count). The fraction of sp³-hybridized carbons (Fsp3) is 0.667. The molecular weight excluding hydrogens is 326 g/mol. The van der Waals surface area contributed by atoms with E-state index in [0.29, 0.717) is 0 Å². The molecule has 0 bridgehead atoms. The summed E-state index contributed by atoms with van der Waals surface area (Å²) in [5.74, 6) is 2.60. The number of hydrogen-bond donors (Lipinski definition) is 0. The second-order valence-electron chi connectivity index (χ2n) is 2.39. The minimum Gasteiger partial charge on any atom is -0.120 e. The standard InChI is InChI=1S/C6H10.I2/c1-5-6(2,3)4;1-2/h1H,2-4H3;. The molecule has 0 saturated heterocycles. The zero-order chi connectivity index (χ0) is 7.21. The van der Waals surface area contributed by atoms with Crippen molar-refractivity contribution in [2.75, 3.05) is 0 Å². The second kappa shape index (κ2) is 6.14. The molecule has 0 aromatic rings. The average Bonchev–Trinajstić information content (AvgIpc) is 1.71. The van der Waals surface area contributed by atoms with Gasteiger partial charge in [0.15, 0.2) is 0 Å². The second-order valence-corrected chi connectivity index (χ2v) is 2.39. The Morgan fingerprint density at radius 1 is 1.25 bits per heavy atom. The minimum absolute atomic E-state index is 0.0694. The van der Waals surface area contributed by atoms with E-state index < -0.39 is 0 Å². The summed E-state index contributed by atoms with van der Waals surface area (Å²) in [6.45, 7) is 6.02. The topological polar surface area (TPSA) is 0 Å². The summed E-state index contributed by atoms with van der Waals surface area (Å²) in [5, 5.41) is 0. The summed E-state index contributed by atoms with van der Waals surface area (Å²) in [7, 11) is 0. The van der Waals surface area contributed by atoms with Crippen LogP contribution in [0.2, 0.25) is 0 Å². The van der Waals surface area contributed by atoms with Gasteiger partial charge in [0.05, 0.1) is 0 Å². The molecule has 0 unspecified atom stereocenters. The molecule has 8 heavy (non-hydrogen) atoms. The lowest BCUT2D eigenvalue weighted by atomic mass is 9.99. The predicted molar refractivity (Wildman–Crippen MR) is 56.3 cm³/mol. The van der Waals surface area contributed by atoms with Gasteiger partial charge < -0.3 is 0 Å². The summed E-state index contributed by atoms with van der Waals surface area (Å²) in [4.78, 5) is 0. The van der Waals surface area contributed by atoms with Crippen LogP contribution < -0.4 is 0 Å². The maximum Gasteiger partial charge on any atom is 0.0227 e. The maximum absolute atomic E-state index is 5.06. The van der Waals surface area contributed by atoms with E-state index in [1.54, 1.807) is 0 Å². The van der Waals surface area contributed by atoms with Crippen LogP contribution >= 0.6 is 37.2 Å². The molecular formula is C6H10I2. The van der Waals surface area contributed by atoms with Gasteiger partial charge in [-0.3, -0.25) is 0 Å². The number of halogens is 2. The van der Waals surface area contributed by atoms with Gasteiger partial charge in [-0.15, -0.1) is 12.3 Å². The van der Waals surface area contributed by atoms with E-state index in [1.807, 2.05) is 20.8 Å². The van der Waals surface area contributed by atoms with Gasteiger partial charge in [-0.2, -0.15) is 0 Å². The van der Waals surface area contributed by atoms with Crippen LogP contribution in [0.3, 0.4) is 0 Å². The molecule has 0 amide bonds. The Labute approximate surface area is 75.1 Å². The Morgan fingerprint density at radius 2 is 1.38 bits per heavy atom. The van der Waals surface area contributed by atoms with Crippen molar-refractivity contribution in [2.45, 2.75) is 20.8 Å². The maximum atomic E-state index is 5.06. The van der Waals surface area contributed by atoms with Crippen molar-refractivity contribution in [2.24, 2.45) is 5.41 Å². The molecule has 0 spiro atoms. The molecule has 0 aliphatic heterocycles. The van der Waals surface area contributed by atoms with E-state index >= 15 is 0 Å². The van der Waals surface area contributed by atoms with Crippen molar-refractivity contribution >= 4 is 37.2 Å². The summed E-state index contributed by atoms with van der Waals surface area (Å²) >= 11 is 4.24. The van der Waals surface area contributed by atoms with E-state index in [2.05, 4.69) is 43.2 Å². The lowest BCUT2D eigenvalue weighted by molar-refractivity contribution is 0.571. The first kappa shape index (κ1) is 11.8. The fourth-order valence-corrected chi connectivity index (χ4v) is 0. The van der Waals surface area contributed by atoms with E-state index in [-0.39, 0.29) is 5.41 Å². The van der Waals surface area contributed by atoms with E-state index in [4.69, 9.17) is 6.42 Å². The summed E-state index contributed by atoms with van der Waals surface area (Å²) in [6.07, 6.45) is 5.06. The Bertz CT molecular complexity index is 73.5. The predicted octanol–water partition coefficient (Wildman–Crippen LogP) is 3.44. The smallest absolute Gasteiger partial charge is 0.0227 e. The summed E-state index contributed by atoms with van der Waals surface area (Å²) in [6, 6.07) is 0. The first-order valence-electron chi connectivity index (χ1n) is 2.18. The summed E-state index contributed by atoms with van der Waals surface area (Å²) in [5.41, 5.74) is 0.0694. The Morgan fingerprint density at radius 3 is 1.38 bits per heavy atom. The zero-order valence-corrected chi connectivity index (χ0v) is 9.65. The molecule has 0 N–H and O–H groups in total. The van der Waals surface area contributed by atoms with Crippen molar-refractivity contribution in [3.8, 4) is 12.3 Å². The highest BCUT2D eigenvalue weighted by molar-refractivity contribution is 15.0. The van der Waals surface area contributed by atoms with Crippen molar-refractivity contribution < 1.29 is 0 Å². The van der Waals surface area contributed by atoms with Crippen LogP contribution in [0.25, 0.3) is 0 Å². The highest BCUT2D eigenvalue weighted by Crippen LogP contribution is 2.08. The van der Waals surface area contributed by atoms with Crippen LogP contribution in [0.4, 0.5) is 0 Å². The minimum atomic E-state index is 0.0694. The van der Waals surface area contributed by atoms with Gasteiger partial charge in [0.1, 0.15) is 0 Å². The van der Waals surface area contributed by atoms with Gasteiger partial charge in [-0.05, 0) is 20.8 Å². The molecule has 0 aliphatic rings. The van der Waals surface area contributed by atoms with Crippen LogP contribution in [-0.4, -0.2) is 0 Å². The lowest BCUT2D eigenvalue weighted by Crippen LogP contribution is -1.97. The number of terminal acetylenes is 1. The molecule has 0 heterocycles. The van der Waals surface area contributed by atoms with Crippen LogP contribution in [0.5, 0.6) is 0 Å². The van der Waals surface area contributed by atoms with Crippen molar-refractivity contribution in [1.82, 2.24) is 0 Å². The number of rotatable bonds is 0. The van der Waals surface area contributed by atoms with Crippen molar-refractivity contribution in [3.63, 3.8) is 0 Å². The Hall–Kier alpha value is 1.02. The van der Waals surface area contributed by atoms with Crippen LogP contribution in [-0.2, 0) is 0 Å². The molecule has 0 fully saturated rings. The van der Waals surface area contributed by atoms with Crippen LogP contribution in [0, 0.1) is 17.8 Å². The van der Waals surface area contributed by atoms with Crippen molar-refractivity contribution in [1.29, 1.82) is 0 Å². The quantitative estimate of drug-likeness (QED) is 0.470.